The second-order valence-electron chi connectivity index (χ2n) is 6.75. The lowest BCUT2D eigenvalue weighted by Gasteiger charge is -2.43. The van der Waals surface area contributed by atoms with E-state index in [1.807, 2.05) is 0 Å². The molecule has 0 spiro atoms. The van der Waals surface area contributed by atoms with Crippen molar-refractivity contribution in [2.75, 3.05) is 46.3 Å². The van der Waals surface area contributed by atoms with E-state index in [2.05, 4.69) is 36.0 Å². The molecule has 0 aromatic heterocycles. The Morgan fingerprint density at radius 1 is 1.22 bits per heavy atom. The smallest absolute Gasteiger partial charge is 0.0195 e. The number of piperidine rings is 2. The summed E-state index contributed by atoms with van der Waals surface area (Å²) in [6.45, 7) is 12.3. The molecule has 0 bridgehead atoms. The average Bonchev–Trinajstić information content (AvgIpc) is 2.34. The number of likely N-dealkylation sites (tertiary alicyclic amines) is 2. The average molecular weight is 253 g/mol. The van der Waals surface area contributed by atoms with Crippen molar-refractivity contribution in [2.45, 2.75) is 45.6 Å². The van der Waals surface area contributed by atoms with E-state index in [0.29, 0.717) is 5.41 Å². The van der Waals surface area contributed by atoms with Gasteiger partial charge in [-0.25, -0.2) is 0 Å². The van der Waals surface area contributed by atoms with Crippen molar-refractivity contribution in [3.63, 3.8) is 0 Å². The lowest BCUT2D eigenvalue weighted by Crippen LogP contribution is -2.50. The van der Waals surface area contributed by atoms with Gasteiger partial charge in [-0.15, -0.1) is 0 Å². The zero-order valence-electron chi connectivity index (χ0n) is 12.5. The summed E-state index contributed by atoms with van der Waals surface area (Å²) < 4.78 is 0. The van der Waals surface area contributed by atoms with E-state index in [9.17, 15) is 0 Å². The molecule has 3 heteroatoms. The van der Waals surface area contributed by atoms with Crippen LogP contribution in [0.15, 0.2) is 0 Å². The largest absolute Gasteiger partial charge is 0.313 e. The Hall–Kier alpha value is -0.120. The summed E-state index contributed by atoms with van der Waals surface area (Å²) in [5, 5.41) is 3.62. The highest BCUT2D eigenvalue weighted by Crippen LogP contribution is 2.32. The Balaban J connectivity index is 1.81. The Labute approximate surface area is 113 Å². The Bertz CT molecular complexity index is 244. The van der Waals surface area contributed by atoms with Crippen molar-refractivity contribution in [3.05, 3.63) is 0 Å². The molecule has 0 amide bonds. The van der Waals surface area contributed by atoms with Gasteiger partial charge < -0.3 is 15.1 Å². The summed E-state index contributed by atoms with van der Waals surface area (Å²) in [6.07, 6.45) is 5.47. The molecule has 3 nitrogen and oxygen atoms in total. The quantitative estimate of drug-likeness (QED) is 0.824. The molecule has 1 N–H and O–H groups in total. The zero-order valence-corrected chi connectivity index (χ0v) is 12.5. The van der Waals surface area contributed by atoms with Crippen LogP contribution >= 0.6 is 0 Å². The minimum absolute atomic E-state index is 0.556. The minimum Gasteiger partial charge on any atom is -0.313 e. The van der Waals surface area contributed by atoms with Gasteiger partial charge in [0, 0.05) is 19.1 Å². The second kappa shape index (κ2) is 6.36. The molecule has 2 saturated heterocycles. The highest BCUT2D eigenvalue weighted by atomic mass is 15.2. The van der Waals surface area contributed by atoms with E-state index in [0.717, 1.165) is 12.6 Å². The van der Waals surface area contributed by atoms with Crippen molar-refractivity contribution in [2.24, 2.45) is 5.41 Å². The topological polar surface area (TPSA) is 18.5 Å². The van der Waals surface area contributed by atoms with Gasteiger partial charge in [-0.3, -0.25) is 0 Å². The maximum atomic E-state index is 3.62. The molecule has 0 aliphatic carbocycles. The van der Waals surface area contributed by atoms with Crippen LogP contribution in [-0.2, 0) is 0 Å². The van der Waals surface area contributed by atoms with Crippen LogP contribution in [0.25, 0.3) is 0 Å². The first-order valence-electron chi connectivity index (χ1n) is 7.75. The van der Waals surface area contributed by atoms with Gasteiger partial charge in [0.05, 0.1) is 0 Å². The van der Waals surface area contributed by atoms with Crippen LogP contribution in [0.5, 0.6) is 0 Å². The van der Waals surface area contributed by atoms with E-state index in [4.69, 9.17) is 0 Å². The van der Waals surface area contributed by atoms with Crippen molar-refractivity contribution in [3.8, 4) is 0 Å². The first-order chi connectivity index (χ1) is 8.61. The van der Waals surface area contributed by atoms with Crippen molar-refractivity contribution in [1.82, 2.24) is 15.1 Å². The lowest BCUT2D eigenvalue weighted by molar-refractivity contribution is 0.0697. The number of hydrogen-bond acceptors (Lipinski definition) is 3. The molecule has 2 fully saturated rings. The van der Waals surface area contributed by atoms with Gasteiger partial charge in [-0.05, 0) is 64.3 Å². The first kappa shape index (κ1) is 14.3. The third-order valence-corrected chi connectivity index (χ3v) is 4.80. The fourth-order valence-electron chi connectivity index (χ4n) is 3.51. The zero-order chi connectivity index (χ0) is 13.0. The van der Waals surface area contributed by atoms with Crippen LogP contribution in [0.2, 0.25) is 0 Å². The molecule has 1 unspecified atom stereocenters. The molecule has 2 aliphatic rings. The molecule has 106 valence electrons. The maximum absolute atomic E-state index is 3.62. The maximum Gasteiger partial charge on any atom is 0.0195 e. The number of hydrogen-bond donors (Lipinski definition) is 1. The number of rotatable bonds is 4. The molecular formula is C15H31N3. The summed E-state index contributed by atoms with van der Waals surface area (Å²) >= 11 is 0. The minimum atomic E-state index is 0.556. The van der Waals surface area contributed by atoms with E-state index >= 15 is 0 Å². The summed E-state index contributed by atoms with van der Waals surface area (Å²) in [4.78, 5) is 5.18. The Kier molecular flexibility index (Phi) is 5.05. The van der Waals surface area contributed by atoms with Crippen molar-refractivity contribution >= 4 is 0 Å². The number of likely N-dealkylation sites (N-methyl/N-ethyl adjacent to an activating group) is 1. The van der Waals surface area contributed by atoms with Crippen LogP contribution < -0.4 is 5.32 Å². The standard InChI is InChI=1S/C15H31N3/c1-4-16-14-6-5-9-18(12-14)13-15(2)7-10-17(3)11-8-15/h14,16H,4-13H2,1-3H3. The van der Waals surface area contributed by atoms with Crippen molar-refractivity contribution in [1.29, 1.82) is 0 Å². The Morgan fingerprint density at radius 3 is 2.61 bits per heavy atom. The van der Waals surface area contributed by atoms with Gasteiger partial charge in [0.25, 0.3) is 0 Å². The third-order valence-electron chi connectivity index (χ3n) is 4.80. The van der Waals surface area contributed by atoms with Crippen LogP contribution in [0, 0.1) is 5.41 Å². The van der Waals surface area contributed by atoms with Gasteiger partial charge in [-0.2, -0.15) is 0 Å². The van der Waals surface area contributed by atoms with Gasteiger partial charge in [0.15, 0.2) is 0 Å². The highest BCUT2D eigenvalue weighted by molar-refractivity contribution is 4.87. The fraction of sp³-hybridized carbons (Fsp3) is 1.00. The first-order valence-corrected chi connectivity index (χ1v) is 7.75. The van der Waals surface area contributed by atoms with Gasteiger partial charge >= 0.3 is 0 Å². The van der Waals surface area contributed by atoms with E-state index in [-0.39, 0.29) is 0 Å². The second-order valence-corrected chi connectivity index (χ2v) is 6.75. The van der Waals surface area contributed by atoms with Crippen LogP contribution in [0.4, 0.5) is 0 Å². The number of nitrogens with zero attached hydrogens (tertiary/aromatic N) is 2. The van der Waals surface area contributed by atoms with Gasteiger partial charge in [0.1, 0.15) is 0 Å². The normalized spacial score (nSPS) is 30.5. The molecule has 2 rings (SSSR count). The molecule has 2 heterocycles. The molecule has 2 aliphatic heterocycles. The molecule has 0 radical (unpaired) electrons. The summed E-state index contributed by atoms with van der Waals surface area (Å²) in [5.74, 6) is 0. The molecule has 0 saturated carbocycles. The molecule has 0 aromatic rings. The summed E-state index contributed by atoms with van der Waals surface area (Å²) in [6, 6.07) is 0.735. The highest BCUT2D eigenvalue weighted by Gasteiger charge is 2.32. The third kappa shape index (κ3) is 3.94. The lowest BCUT2D eigenvalue weighted by atomic mass is 9.79. The molecule has 18 heavy (non-hydrogen) atoms. The Morgan fingerprint density at radius 2 is 1.94 bits per heavy atom. The van der Waals surface area contributed by atoms with Crippen LogP contribution in [0.3, 0.4) is 0 Å². The molecular weight excluding hydrogens is 222 g/mol. The summed E-state index contributed by atoms with van der Waals surface area (Å²) in [5.41, 5.74) is 0.556. The monoisotopic (exact) mass is 253 g/mol. The van der Waals surface area contributed by atoms with Gasteiger partial charge in [0.2, 0.25) is 0 Å². The number of nitrogens with one attached hydrogen (secondary N) is 1. The predicted octanol–water partition coefficient (Wildman–Crippen LogP) is 1.79. The predicted molar refractivity (Wildman–Crippen MR) is 78.0 cm³/mol. The molecule has 0 aromatic carbocycles. The van der Waals surface area contributed by atoms with Crippen LogP contribution in [-0.4, -0.2) is 62.2 Å². The summed E-state index contributed by atoms with van der Waals surface area (Å²) in [7, 11) is 2.25. The molecule has 1 atom stereocenters. The van der Waals surface area contributed by atoms with Crippen LogP contribution in [0.1, 0.15) is 39.5 Å². The van der Waals surface area contributed by atoms with E-state index < -0.39 is 0 Å². The SMILES string of the molecule is CCNC1CCCN(CC2(C)CCN(C)CC2)C1. The van der Waals surface area contributed by atoms with Gasteiger partial charge in [-0.1, -0.05) is 13.8 Å². The van der Waals surface area contributed by atoms with E-state index in [1.54, 1.807) is 0 Å². The van der Waals surface area contributed by atoms with E-state index in [1.165, 1.54) is 58.4 Å². The van der Waals surface area contributed by atoms with Crippen molar-refractivity contribution < 1.29 is 0 Å². The fourth-order valence-corrected chi connectivity index (χ4v) is 3.51.